The molecule has 1 aliphatic rings. The molecule has 1 saturated heterocycles. The molecule has 0 atom stereocenters. The topological polar surface area (TPSA) is 60.9 Å². The third-order valence-corrected chi connectivity index (χ3v) is 6.52. The quantitative estimate of drug-likeness (QED) is 0.330. The number of carboxylic acid groups (broad SMARTS) is 1. The van der Waals surface area contributed by atoms with Crippen LogP contribution in [-0.2, 0) is 9.59 Å². The molecule has 1 N–H and O–H groups in total. The van der Waals surface area contributed by atoms with Crippen molar-refractivity contribution in [3.05, 3.63) is 46.9 Å². The number of thioether (sulfide) groups is 1. The van der Waals surface area contributed by atoms with Crippen molar-refractivity contribution in [2.24, 2.45) is 0 Å². The first kappa shape index (κ1) is 22.3. The molecule has 1 heterocycles. The van der Waals surface area contributed by atoms with Gasteiger partial charge in [0.05, 0.1) is 4.91 Å². The Bertz CT molecular complexity index is 1000. The van der Waals surface area contributed by atoms with Crippen LogP contribution in [0.2, 0.25) is 0 Å². The molecule has 0 radical (unpaired) electrons. The number of carboxylic acids is 1. The predicted octanol–water partition coefficient (Wildman–Crippen LogP) is 5.14. The SMILES string of the molecule is CCCCCCN(C)c1ccc(C=C2SC(=S)N(CC(=O)O)C2=O)c2ccccc12. The lowest BCUT2D eigenvalue weighted by molar-refractivity contribution is -0.140. The van der Waals surface area contributed by atoms with Crippen LogP contribution in [0, 0.1) is 0 Å². The summed E-state index contributed by atoms with van der Waals surface area (Å²) in [6.45, 7) is 2.80. The minimum Gasteiger partial charge on any atom is -0.480 e. The summed E-state index contributed by atoms with van der Waals surface area (Å²) in [4.78, 5) is 27.5. The number of unbranched alkanes of at least 4 members (excludes halogenated alkanes) is 3. The van der Waals surface area contributed by atoms with Crippen LogP contribution in [0.15, 0.2) is 41.3 Å². The average Bonchev–Trinajstić information content (AvgIpc) is 2.98. The minimum absolute atomic E-state index is 0.279. The van der Waals surface area contributed by atoms with E-state index in [1.165, 1.54) is 19.3 Å². The second-order valence-corrected chi connectivity index (χ2v) is 9.04. The van der Waals surface area contributed by atoms with Gasteiger partial charge in [-0.25, -0.2) is 0 Å². The van der Waals surface area contributed by atoms with Gasteiger partial charge in [0.25, 0.3) is 5.91 Å². The van der Waals surface area contributed by atoms with E-state index in [4.69, 9.17) is 17.3 Å². The van der Waals surface area contributed by atoms with Gasteiger partial charge < -0.3 is 10.0 Å². The maximum Gasteiger partial charge on any atom is 0.323 e. The van der Waals surface area contributed by atoms with E-state index in [0.717, 1.165) is 51.7 Å². The molecule has 3 rings (SSSR count). The number of rotatable bonds is 9. The summed E-state index contributed by atoms with van der Waals surface area (Å²) in [5.74, 6) is -1.43. The molecule has 158 valence electrons. The summed E-state index contributed by atoms with van der Waals surface area (Å²) >= 11 is 6.35. The number of carbonyl (C=O) groups is 2. The number of hydrogen-bond acceptors (Lipinski definition) is 5. The smallest absolute Gasteiger partial charge is 0.323 e. The Kier molecular flexibility index (Phi) is 7.50. The van der Waals surface area contributed by atoms with Gasteiger partial charge in [0, 0.05) is 24.7 Å². The van der Waals surface area contributed by atoms with Crippen LogP contribution < -0.4 is 4.90 Å². The second kappa shape index (κ2) is 10.1. The van der Waals surface area contributed by atoms with Crippen LogP contribution in [-0.4, -0.2) is 46.3 Å². The highest BCUT2D eigenvalue weighted by atomic mass is 32.2. The minimum atomic E-state index is -1.08. The van der Waals surface area contributed by atoms with Crippen LogP contribution >= 0.6 is 24.0 Å². The monoisotopic (exact) mass is 442 g/mol. The Hall–Kier alpha value is -2.38. The van der Waals surface area contributed by atoms with Gasteiger partial charge in [-0.3, -0.25) is 14.5 Å². The molecule has 1 aliphatic heterocycles. The molecule has 0 spiro atoms. The number of amides is 1. The Labute approximate surface area is 186 Å². The van der Waals surface area contributed by atoms with Crippen LogP contribution in [0.4, 0.5) is 5.69 Å². The second-order valence-electron chi connectivity index (χ2n) is 7.36. The highest BCUT2D eigenvalue weighted by Crippen LogP contribution is 2.35. The highest BCUT2D eigenvalue weighted by molar-refractivity contribution is 8.26. The fourth-order valence-corrected chi connectivity index (χ4v) is 4.82. The van der Waals surface area contributed by atoms with Crippen LogP contribution in [0.1, 0.15) is 38.2 Å². The summed E-state index contributed by atoms with van der Waals surface area (Å²) in [6, 6.07) is 12.3. The first-order chi connectivity index (χ1) is 14.4. The van der Waals surface area contributed by atoms with Gasteiger partial charge in [0.15, 0.2) is 0 Å². The van der Waals surface area contributed by atoms with E-state index in [0.29, 0.717) is 4.91 Å². The van der Waals surface area contributed by atoms with Gasteiger partial charge >= 0.3 is 5.97 Å². The van der Waals surface area contributed by atoms with Crippen molar-refractivity contribution in [3.63, 3.8) is 0 Å². The zero-order valence-corrected chi connectivity index (χ0v) is 18.9. The molecule has 0 unspecified atom stereocenters. The van der Waals surface area contributed by atoms with Crippen molar-refractivity contribution in [1.82, 2.24) is 4.90 Å². The highest BCUT2D eigenvalue weighted by Gasteiger charge is 2.33. The Morgan fingerprint density at radius 1 is 1.17 bits per heavy atom. The summed E-state index contributed by atoms with van der Waals surface area (Å²) in [6.07, 6.45) is 6.68. The molecule has 0 saturated carbocycles. The van der Waals surface area contributed by atoms with Crippen LogP contribution in [0.3, 0.4) is 0 Å². The number of thiocarbonyl (C=S) groups is 1. The van der Waals surface area contributed by atoms with E-state index in [1.54, 1.807) is 0 Å². The number of nitrogens with zero attached hydrogens (tertiary/aromatic N) is 2. The number of anilines is 1. The third kappa shape index (κ3) is 5.02. The van der Waals surface area contributed by atoms with Gasteiger partial charge in [-0.2, -0.15) is 0 Å². The predicted molar refractivity (Wildman–Crippen MR) is 129 cm³/mol. The van der Waals surface area contributed by atoms with Crippen molar-refractivity contribution >= 4 is 62.7 Å². The number of hydrogen-bond donors (Lipinski definition) is 1. The Balaban J connectivity index is 1.90. The van der Waals surface area contributed by atoms with Crippen molar-refractivity contribution in [1.29, 1.82) is 0 Å². The molecule has 0 bridgehead atoms. The lowest BCUT2D eigenvalue weighted by Gasteiger charge is -2.22. The summed E-state index contributed by atoms with van der Waals surface area (Å²) in [5, 5.41) is 11.2. The zero-order valence-electron chi connectivity index (χ0n) is 17.3. The molecule has 1 fully saturated rings. The summed E-state index contributed by atoms with van der Waals surface area (Å²) in [5.41, 5.74) is 2.09. The molecular formula is C23H26N2O3S2. The third-order valence-electron chi connectivity index (χ3n) is 5.15. The molecule has 0 aliphatic carbocycles. The van der Waals surface area contributed by atoms with E-state index in [-0.39, 0.29) is 10.2 Å². The lowest BCUT2D eigenvalue weighted by Crippen LogP contribution is -2.33. The van der Waals surface area contributed by atoms with Crippen LogP contribution in [0.25, 0.3) is 16.8 Å². The van der Waals surface area contributed by atoms with Crippen molar-refractivity contribution in [2.75, 3.05) is 25.0 Å². The fourth-order valence-electron chi connectivity index (χ4n) is 3.57. The first-order valence-electron chi connectivity index (χ1n) is 10.1. The van der Waals surface area contributed by atoms with Crippen molar-refractivity contribution < 1.29 is 14.7 Å². The molecule has 5 nitrogen and oxygen atoms in total. The number of benzene rings is 2. The number of carbonyl (C=O) groups excluding carboxylic acids is 1. The molecule has 0 aromatic heterocycles. The first-order valence-corrected chi connectivity index (χ1v) is 11.3. The summed E-state index contributed by atoms with van der Waals surface area (Å²) in [7, 11) is 2.12. The Morgan fingerprint density at radius 3 is 2.60 bits per heavy atom. The fraction of sp³-hybridized carbons (Fsp3) is 0.348. The van der Waals surface area contributed by atoms with Gasteiger partial charge in [-0.05, 0) is 29.5 Å². The van der Waals surface area contributed by atoms with Crippen LogP contribution in [0.5, 0.6) is 0 Å². The number of aliphatic carboxylic acids is 1. The molecule has 7 heteroatoms. The standard InChI is InChI=1S/C23H26N2O3S2/c1-3-4-5-8-13-24(2)19-12-11-16(17-9-6-7-10-18(17)19)14-20-22(28)25(15-21(26)27)23(29)30-20/h6-7,9-12,14H,3-5,8,13,15H2,1-2H3,(H,26,27). The molecule has 1 amide bonds. The lowest BCUT2D eigenvalue weighted by atomic mass is 10.0. The summed E-state index contributed by atoms with van der Waals surface area (Å²) < 4.78 is 0.279. The zero-order chi connectivity index (χ0) is 21.7. The number of fused-ring (bicyclic) bond motifs is 1. The Morgan fingerprint density at radius 2 is 1.90 bits per heavy atom. The molecule has 30 heavy (non-hydrogen) atoms. The van der Waals surface area contributed by atoms with Gasteiger partial charge in [0.2, 0.25) is 0 Å². The molecule has 2 aromatic carbocycles. The maximum absolute atomic E-state index is 12.6. The normalized spacial score (nSPS) is 15.4. The largest absolute Gasteiger partial charge is 0.480 e. The molecule has 2 aromatic rings. The molecular weight excluding hydrogens is 416 g/mol. The van der Waals surface area contributed by atoms with E-state index in [1.807, 2.05) is 30.3 Å². The van der Waals surface area contributed by atoms with E-state index in [2.05, 4.69) is 31.0 Å². The van der Waals surface area contributed by atoms with Crippen molar-refractivity contribution in [2.45, 2.75) is 32.6 Å². The van der Waals surface area contributed by atoms with Gasteiger partial charge in [-0.15, -0.1) is 0 Å². The van der Waals surface area contributed by atoms with E-state index < -0.39 is 12.5 Å². The van der Waals surface area contributed by atoms with Gasteiger partial charge in [-0.1, -0.05) is 80.5 Å². The van der Waals surface area contributed by atoms with E-state index in [9.17, 15) is 9.59 Å². The van der Waals surface area contributed by atoms with E-state index >= 15 is 0 Å². The maximum atomic E-state index is 12.6. The van der Waals surface area contributed by atoms with Gasteiger partial charge in [0.1, 0.15) is 10.9 Å². The average molecular weight is 443 g/mol. The van der Waals surface area contributed by atoms with Crippen molar-refractivity contribution in [3.8, 4) is 0 Å².